The number of hydrogen-bond acceptors (Lipinski definition) is 5. The molecule has 9 heteroatoms. The van der Waals surface area contributed by atoms with Gasteiger partial charge in [-0.1, -0.05) is 28.1 Å². The maximum Gasteiger partial charge on any atom is 0.272 e. The first-order valence-electron chi connectivity index (χ1n) is 7.66. The number of tetrazole rings is 1. The Bertz CT molecular complexity index is 1120. The van der Waals surface area contributed by atoms with Gasteiger partial charge < -0.3 is 15.0 Å². The van der Waals surface area contributed by atoms with E-state index in [1.165, 1.54) is 0 Å². The first-order chi connectivity index (χ1) is 12.5. The molecular formula is C17H13BrN6O2. The molecule has 1 amide bonds. The van der Waals surface area contributed by atoms with Crippen molar-refractivity contribution in [2.45, 2.75) is 0 Å². The van der Waals surface area contributed by atoms with E-state index in [0.717, 1.165) is 9.86 Å². The summed E-state index contributed by atoms with van der Waals surface area (Å²) >= 11 is 3.41. The number of phenols is 1. The van der Waals surface area contributed by atoms with Gasteiger partial charge in [-0.25, -0.2) is 0 Å². The highest BCUT2D eigenvalue weighted by atomic mass is 79.9. The second-order valence-electron chi connectivity index (χ2n) is 5.68. The van der Waals surface area contributed by atoms with Crippen LogP contribution in [0.2, 0.25) is 0 Å². The number of rotatable bonds is 3. The molecule has 2 aromatic heterocycles. The molecule has 0 spiro atoms. The maximum absolute atomic E-state index is 12.8. The quantitative estimate of drug-likeness (QED) is 0.478. The van der Waals surface area contributed by atoms with Crippen molar-refractivity contribution < 1.29 is 9.90 Å². The zero-order valence-corrected chi connectivity index (χ0v) is 15.1. The Balaban J connectivity index is 1.74. The lowest BCUT2D eigenvalue weighted by molar-refractivity contribution is 0.102. The molecule has 0 aliphatic carbocycles. The van der Waals surface area contributed by atoms with Crippen molar-refractivity contribution in [1.82, 2.24) is 25.2 Å². The fraction of sp³-hybridized carbons (Fsp3) is 0.0588. The van der Waals surface area contributed by atoms with E-state index in [9.17, 15) is 9.90 Å². The molecule has 4 rings (SSSR count). The average Bonchev–Trinajstić information content (AvgIpc) is 3.25. The molecule has 0 saturated heterocycles. The smallest absolute Gasteiger partial charge is 0.272 e. The lowest BCUT2D eigenvalue weighted by Gasteiger charge is -2.10. The molecule has 0 unspecified atom stereocenters. The minimum Gasteiger partial charge on any atom is -0.506 e. The Labute approximate surface area is 156 Å². The first-order valence-corrected chi connectivity index (χ1v) is 8.46. The molecule has 0 aliphatic rings. The number of benzene rings is 2. The number of carbonyl (C=O) groups excluding carboxylic acids is 1. The molecule has 3 N–H and O–H groups in total. The van der Waals surface area contributed by atoms with Crippen molar-refractivity contribution >= 4 is 38.4 Å². The fourth-order valence-electron chi connectivity index (χ4n) is 2.89. The van der Waals surface area contributed by atoms with Crippen LogP contribution >= 0.6 is 15.9 Å². The van der Waals surface area contributed by atoms with Crippen molar-refractivity contribution in [3.05, 3.63) is 52.6 Å². The Hall–Kier alpha value is -3.20. The van der Waals surface area contributed by atoms with Gasteiger partial charge >= 0.3 is 0 Å². The average molecular weight is 413 g/mol. The number of fused-ring (bicyclic) bond motifs is 1. The van der Waals surface area contributed by atoms with Crippen LogP contribution in [0.5, 0.6) is 5.75 Å². The summed E-state index contributed by atoms with van der Waals surface area (Å²) in [6.07, 6.45) is 0. The molecule has 0 atom stereocenters. The number of aromatic amines is 1. The number of nitrogens with zero attached hydrogens (tertiary/aromatic N) is 4. The minimum absolute atomic E-state index is 0.125. The SMILES string of the molecule is Cn1c(C(=O)Nc2ccc(Br)cc2-c2nn[nH]n2)cc2cccc(O)c21. The zero-order chi connectivity index (χ0) is 18.3. The largest absolute Gasteiger partial charge is 0.506 e. The molecule has 4 aromatic rings. The summed E-state index contributed by atoms with van der Waals surface area (Å²) in [5.74, 6) is 0.187. The van der Waals surface area contributed by atoms with Gasteiger partial charge in [-0.05, 0) is 35.5 Å². The number of anilines is 1. The van der Waals surface area contributed by atoms with Gasteiger partial charge in [-0.15, -0.1) is 10.2 Å². The van der Waals surface area contributed by atoms with Gasteiger partial charge in [0.1, 0.15) is 11.4 Å². The molecule has 8 nitrogen and oxygen atoms in total. The number of halogens is 1. The van der Waals surface area contributed by atoms with Crippen LogP contribution in [0.25, 0.3) is 22.3 Å². The second kappa shape index (κ2) is 6.26. The van der Waals surface area contributed by atoms with E-state index in [-0.39, 0.29) is 11.7 Å². The van der Waals surface area contributed by atoms with E-state index >= 15 is 0 Å². The molecular weight excluding hydrogens is 400 g/mol. The summed E-state index contributed by atoms with van der Waals surface area (Å²) < 4.78 is 2.48. The van der Waals surface area contributed by atoms with Gasteiger partial charge in [0.05, 0.1) is 11.2 Å². The highest BCUT2D eigenvalue weighted by molar-refractivity contribution is 9.10. The van der Waals surface area contributed by atoms with E-state index in [2.05, 4.69) is 41.9 Å². The first kappa shape index (κ1) is 16.3. The number of H-pyrrole nitrogens is 1. The highest BCUT2D eigenvalue weighted by Gasteiger charge is 2.18. The predicted molar refractivity (Wildman–Crippen MR) is 99.9 cm³/mol. The highest BCUT2D eigenvalue weighted by Crippen LogP contribution is 2.30. The third-order valence-electron chi connectivity index (χ3n) is 4.08. The van der Waals surface area contributed by atoms with Crippen LogP contribution in [0.15, 0.2) is 46.9 Å². The number of aromatic nitrogens is 5. The topological polar surface area (TPSA) is 109 Å². The molecule has 0 aliphatic heterocycles. The van der Waals surface area contributed by atoms with Crippen LogP contribution in [-0.2, 0) is 7.05 Å². The Morgan fingerprint density at radius 3 is 2.85 bits per heavy atom. The van der Waals surface area contributed by atoms with Crippen molar-refractivity contribution in [1.29, 1.82) is 0 Å². The second-order valence-corrected chi connectivity index (χ2v) is 6.60. The third-order valence-corrected chi connectivity index (χ3v) is 4.58. The number of phenolic OH excluding ortho intramolecular Hbond substituents is 1. The lowest BCUT2D eigenvalue weighted by Crippen LogP contribution is -2.16. The van der Waals surface area contributed by atoms with Gasteiger partial charge in [0.2, 0.25) is 5.82 Å². The Morgan fingerprint density at radius 2 is 2.12 bits per heavy atom. The molecule has 0 bridgehead atoms. The lowest BCUT2D eigenvalue weighted by atomic mass is 10.1. The van der Waals surface area contributed by atoms with E-state index in [0.29, 0.717) is 28.3 Å². The normalized spacial score (nSPS) is 11.0. The summed E-state index contributed by atoms with van der Waals surface area (Å²) in [5.41, 5.74) is 2.20. The van der Waals surface area contributed by atoms with E-state index in [1.807, 2.05) is 12.1 Å². The van der Waals surface area contributed by atoms with E-state index in [4.69, 9.17) is 0 Å². The molecule has 2 heterocycles. The minimum atomic E-state index is -0.310. The van der Waals surface area contributed by atoms with Gasteiger partial charge in [-0.2, -0.15) is 5.21 Å². The van der Waals surface area contributed by atoms with Crippen molar-refractivity contribution in [2.75, 3.05) is 5.32 Å². The molecule has 2 aromatic carbocycles. The molecule has 26 heavy (non-hydrogen) atoms. The van der Waals surface area contributed by atoms with Crippen molar-refractivity contribution in [3.8, 4) is 17.1 Å². The molecule has 0 fully saturated rings. The predicted octanol–water partition coefficient (Wildman–Crippen LogP) is 3.08. The van der Waals surface area contributed by atoms with Crippen LogP contribution in [0.3, 0.4) is 0 Å². The van der Waals surface area contributed by atoms with E-state index < -0.39 is 0 Å². The fourth-order valence-corrected chi connectivity index (χ4v) is 3.25. The number of amides is 1. The number of carbonyl (C=O) groups is 1. The Kier molecular flexibility index (Phi) is 3.92. The third kappa shape index (κ3) is 2.72. The maximum atomic E-state index is 12.8. The summed E-state index contributed by atoms with van der Waals surface area (Å²) in [7, 11) is 1.73. The summed E-state index contributed by atoms with van der Waals surface area (Å²) in [6, 6.07) is 12.3. The van der Waals surface area contributed by atoms with E-state index in [1.54, 1.807) is 41.9 Å². The van der Waals surface area contributed by atoms with Crippen LogP contribution < -0.4 is 5.32 Å². The van der Waals surface area contributed by atoms with Crippen LogP contribution in [0.4, 0.5) is 5.69 Å². The molecule has 0 radical (unpaired) electrons. The molecule has 130 valence electrons. The zero-order valence-electron chi connectivity index (χ0n) is 13.6. The van der Waals surface area contributed by atoms with Gasteiger partial charge in [-0.3, -0.25) is 4.79 Å². The van der Waals surface area contributed by atoms with Crippen LogP contribution in [-0.4, -0.2) is 36.2 Å². The standard InChI is InChI=1S/C17H13BrN6O2/c1-24-13(7-9-3-2-4-14(25)15(9)24)17(26)19-12-6-5-10(18)8-11(12)16-20-22-23-21-16/h2-8,25H,1H3,(H,19,26)(H,20,21,22,23). The van der Waals surface area contributed by atoms with Crippen molar-refractivity contribution in [2.24, 2.45) is 7.05 Å². The number of aromatic hydroxyl groups is 1. The molecule has 0 saturated carbocycles. The summed E-state index contributed by atoms with van der Waals surface area (Å²) in [4.78, 5) is 12.8. The number of para-hydroxylation sites is 1. The Morgan fingerprint density at radius 1 is 1.27 bits per heavy atom. The van der Waals surface area contributed by atoms with Gasteiger partial charge in [0.15, 0.2) is 0 Å². The summed E-state index contributed by atoms with van der Waals surface area (Å²) in [6.45, 7) is 0. The van der Waals surface area contributed by atoms with Crippen molar-refractivity contribution in [3.63, 3.8) is 0 Å². The number of nitrogens with one attached hydrogen (secondary N) is 2. The number of aryl methyl sites for hydroxylation is 1. The number of hydrogen-bond donors (Lipinski definition) is 3. The van der Waals surface area contributed by atoms with Gasteiger partial charge in [0.25, 0.3) is 5.91 Å². The monoisotopic (exact) mass is 412 g/mol. The van der Waals surface area contributed by atoms with Crippen LogP contribution in [0.1, 0.15) is 10.5 Å². The van der Waals surface area contributed by atoms with Crippen LogP contribution in [0, 0.1) is 0 Å². The van der Waals surface area contributed by atoms with Gasteiger partial charge in [0, 0.05) is 22.5 Å². The summed E-state index contributed by atoms with van der Waals surface area (Å²) in [5, 5.41) is 27.6.